The summed E-state index contributed by atoms with van der Waals surface area (Å²) in [6.07, 6.45) is 1.99. The molecule has 0 bridgehead atoms. The van der Waals surface area contributed by atoms with Gasteiger partial charge in [-0.2, -0.15) is 0 Å². The van der Waals surface area contributed by atoms with Crippen LogP contribution in [-0.2, 0) is 14.6 Å². The molecule has 0 aromatic heterocycles. The van der Waals surface area contributed by atoms with Crippen LogP contribution in [0.4, 0.5) is 0 Å². The number of carbonyl (C=O) groups is 1. The lowest BCUT2D eigenvalue weighted by molar-refractivity contribution is -0.120. The van der Waals surface area contributed by atoms with E-state index in [0.717, 1.165) is 5.56 Å². The highest BCUT2D eigenvalue weighted by Crippen LogP contribution is 2.27. The number of rotatable bonds is 2. The molecule has 2 rings (SSSR count). The highest BCUT2D eigenvalue weighted by atomic mass is 32.2. The molecule has 0 radical (unpaired) electrons. The maximum Gasteiger partial charge on any atom is 0.181 e. The summed E-state index contributed by atoms with van der Waals surface area (Å²) in [6, 6.07) is 6.84. The van der Waals surface area contributed by atoms with Gasteiger partial charge in [0.2, 0.25) is 0 Å². The average Bonchev–Trinajstić information content (AvgIpc) is 2.29. The molecule has 0 amide bonds. The monoisotopic (exact) mass is 252 g/mol. The molecule has 1 unspecified atom stereocenters. The lowest BCUT2D eigenvalue weighted by Gasteiger charge is -2.21. The number of sulfone groups is 1. The molecule has 1 aliphatic rings. The molecule has 0 N–H and O–H groups in total. The van der Waals surface area contributed by atoms with Crippen molar-refractivity contribution in [2.24, 2.45) is 0 Å². The Bertz CT molecular complexity index is 514. The predicted molar refractivity (Wildman–Crippen MR) is 65.6 cm³/mol. The summed E-state index contributed by atoms with van der Waals surface area (Å²) in [6.45, 7) is 1.92. The Morgan fingerprint density at radius 1 is 1.18 bits per heavy atom. The van der Waals surface area contributed by atoms with E-state index in [1.165, 1.54) is 0 Å². The molecule has 1 atom stereocenters. The third kappa shape index (κ3) is 2.57. The van der Waals surface area contributed by atoms with Gasteiger partial charge in [0.1, 0.15) is 5.78 Å². The van der Waals surface area contributed by atoms with E-state index in [4.69, 9.17) is 0 Å². The predicted octanol–water partition coefficient (Wildman–Crippen LogP) is 2.28. The summed E-state index contributed by atoms with van der Waals surface area (Å²) < 4.78 is 24.6. The molecule has 1 aromatic rings. The van der Waals surface area contributed by atoms with Crippen LogP contribution in [0.1, 0.15) is 31.2 Å². The molecular formula is C13H16O3S. The molecule has 0 spiro atoms. The largest absolute Gasteiger partial charge is 0.300 e. The second kappa shape index (κ2) is 4.61. The van der Waals surface area contributed by atoms with Gasteiger partial charge in [0.15, 0.2) is 9.84 Å². The topological polar surface area (TPSA) is 51.2 Å². The fourth-order valence-electron chi connectivity index (χ4n) is 2.17. The lowest BCUT2D eigenvalue weighted by atomic mass is 9.99. The number of carbonyl (C=O) groups excluding carboxylic acids is 1. The van der Waals surface area contributed by atoms with Crippen LogP contribution in [0, 0.1) is 6.92 Å². The first-order valence-corrected chi connectivity index (χ1v) is 7.37. The van der Waals surface area contributed by atoms with Crippen molar-refractivity contribution in [3.05, 3.63) is 29.8 Å². The van der Waals surface area contributed by atoms with Crippen molar-refractivity contribution in [3.63, 3.8) is 0 Å². The number of hydrogen-bond acceptors (Lipinski definition) is 3. The zero-order chi connectivity index (χ0) is 12.5. The molecule has 3 nitrogen and oxygen atoms in total. The van der Waals surface area contributed by atoms with Crippen LogP contribution in [0.2, 0.25) is 0 Å². The van der Waals surface area contributed by atoms with Gasteiger partial charge in [-0.15, -0.1) is 0 Å². The SMILES string of the molecule is Cc1ccc(S(=O)(=O)C2CCCC(=O)C2)cc1. The zero-order valence-electron chi connectivity index (χ0n) is 9.85. The molecule has 1 aromatic carbocycles. The smallest absolute Gasteiger partial charge is 0.181 e. The van der Waals surface area contributed by atoms with Gasteiger partial charge in [0.05, 0.1) is 10.1 Å². The van der Waals surface area contributed by atoms with Gasteiger partial charge in [-0.1, -0.05) is 17.7 Å². The number of aryl methyl sites for hydroxylation is 1. The van der Waals surface area contributed by atoms with Crippen molar-refractivity contribution in [2.45, 2.75) is 42.8 Å². The number of Topliss-reactive ketones (excluding diaryl/α,β-unsaturated/α-hetero) is 1. The Labute approximate surface area is 102 Å². The molecule has 0 saturated heterocycles. The number of hydrogen-bond donors (Lipinski definition) is 0. The van der Waals surface area contributed by atoms with Gasteiger partial charge in [-0.25, -0.2) is 8.42 Å². The van der Waals surface area contributed by atoms with E-state index in [0.29, 0.717) is 24.2 Å². The van der Waals surface area contributed by atoms with E-state index in [-0.39, 0.29) is 12.2 Å². The third-order valence-electron chi connectivity index (χ3n) is 3.23. The van der Waals surface area contributed by atoms with E-state index >= 15 is 0 Å². The summed E-state index contributed by atoms with van der Waals surface area (Å²) in [5.41, 5.74) is 1.03. The quantitative estimate of drug-likeness (QED) is 0.811. The van der Waals surface area contributed by atoms with Crippen LogP contribution >= 0.6 is 0 Å². The molecule has 1 aliphatic carbocycles. The van der Waals surface area contributed by atoms with Crippen molar-refractivity contribution in [1.82, 2.24) is 0 Å². The van der Waals surface area contributed by atoms with Crippen LogP contribution in [-0.4, -0.2) is 19.5 Å². The lowest BCUT2D eigenvalue weighted by Crippen LogP contribution is -2.28. The Kier molecular flexibility index (Phi) is 3.33. The van der Waals surface area contributed by atoms with E-state index in [9.17, 15) is 13.2 Å². The summed E-state index contributed by atoms with van der Waals surface area (Å²) in [4.78, 5) is 11.7. The van der Waals surface area contributed by atoms with Crippen molar-refractivity contribution in [3.8, 4) is 0 Å². The highest BCUT2D eigenvalue weighted by molar-refractivity contribution is 7.92. The van der Waals surface area contributed by atoms with E-state index in [1.54, 1.807) is 24.3 Å². The normalized spacial score (nSPS) is 21.5. The minimum absolute atomic E-state index is 0.0666. The first kappa shape index (κ1) is 12.3. The highest BCUT2D eigenvalue weighted by Gasteiger charge is 2.31. The molecule has 4 heteroatoms. The van der Waals surface area contributed by atoms with Crippen LogP contribution < -0.4 is 0 Å². The van der Waals surface area contributed by atoms with Crippen molar-refractivity contribution in [2.75, 3.05) is 0 Å². The molecular weight excluding hydrogens is 236 g/mol. The van der Waals surface area contributed by atoms with E-state index in [1.807, 2.05) is 6.92 Å². The van der Waals surface area contributed by atoms with E-state index in [2.05, 4.69) is 0 Å². The maximum absolute atomic E-state index is 12.3. The summed E-state index contributed by atoms with van der Waals surface area (Å²) in [7, 11) is -3.33. The van der Waals surface area contributed by atoms with Crippen molar-refractivity contribution >= 4 is 15.6 Å². The molecule has 1 fully saturated rings. The van der Waals surface area contributed by atoms with Gasteiger partial charge in [0, 0.05) is 12.8 Å². The number of ketones is 1. The summed E-state index contributed by atoms with van der Waals surface area (Å²) >= 11 is 0. The van der Waals surface area contributed by atoms with Crippen LogP contribution in [0.15, 0.2) is 29.2 Å². The van der Waals surface area contributed by atoms with Crippen molar-refractivity contribution < 1.29 is 13.2 Å². The Hall–Kier alpha value is -1.16. The minimum atomic E-state index is -3.33. The van der Waals surface area contributed by atoms with Crippen LogP contribution in [0.5, 0.6) is 0 Å². The van der Waals surface area contributed by atoms with Gasteiger partial charge in [-0.05, 0) is 31.9 Å². The second-order valence-corrected chi connectivity index (χ2v) is 6.84. The number of benzene rings is 1. The molecule has 17 heavy (non-hydrogen) atoms. The fraction of sp³-hybridized carbons (Fsp3) is 0.462. The summed E-state index contributed by atoms with van der Waals surface area (Å²) in [5.74, 6) is 0.0666. The maximum atomic E-state index is 12.3. The zero-order valence-corrected chi connectivity index (χ0v) is 10.7. The molecule has 92 valence electrons. The van der Waals surface area contributed by atoms with Crippen molar-refractivity contribution in [1.29, 1.82) is 0 Å². The van der Waals surface area contributed by atoms with Gasteiger partial charge < -0.3 is 0 Å². The third-order valence-corrected chi connectivity index (χ3v) is 5.43. The fourth-order valence-corrected chi connectivity index (χ4v) is 3.95. The second-order valence-electron chi connectivity index (χ2n) is 4.62. The van der Waals surface area contributed by atoms with E-state index < -0.39 is 15.1 Å². The first-order valence-electron chi connectivity index (χ1n) is 5.82. The summed E-state index contributed by atoms with van der Waals surface area (Å²) in [5, 5.41) is -0.522. The Balaban J connectivity index is 2.29. The van der Waals surface area contributed by atoms with Gasteiger partial charge in [-0.3, -0.25) is 4.79 Å². The Morgan fingerprint density at radius 2 is 1.82 bits per heavy atom. The molecule has 0 aliphatic heterocycles. The molecule has 0 heterocycles. The first-order chi connectivity index (χ1) is 8.00. The average molecular weight is 252 g/mol. The standard InChI is InChI=1S/C13H16O3S/c1-10-5-7-12(8-6-10)17(15,16)13-4-2-3-11(14)9-13/h5-8,13H,2-4,9H2,1H3. The minimum Gasteiger partial charge on any atom is -0.300 e. The van der Waals surface area contributed by atoms with Gasteiger partial charge >= 0.3 is 0 Å². The Morgan fingerprint density at radius 3 is 2.41 bits per heavy atom. The molecule has 1 saturated carbocycles. The van der Waals surface area contributed by atoms with Crippen LogP contribution in [0.25, 0.3) is 0 Å². The van der Waals surface area contributed by atoms with Crippen LogP contribution in [0.3, 0.4) is 0 Å². The van der Waals surface area contributed by atoms with Gasteiger partial charge in [0.25, 0.3) is 0 Å².